The van der Waals surface area contributed by atoms with Crippen molar-refractivity contribution in [2.75, 3.05) is 0 Å². The number of tetrazole rings is 1. The molecule has 5 nitrogen and oxygen atoms in total. The summed E-state index contributed by atoms with van der Waals surface area (Å²) in [4.78, 5) is 0. The van der Waals surface area contributed by atoms with Crippen molar-refractivity contribution < 1.29 is 4.39 Å². The maximum Gasteiger partial charge on any atom is 0.170 e. The number of nitrogens with zero attached hydrogens (tertiary/aromatic N) is 4. The average Bonchev–Trinajstić information content (AvgIpc) is 2.97. The minimum absolute atomic E-state index is 0.233. The summed E-state index contributed by atoms with van der Waals surface area (Å²) in [5, 5.41) is 14.9. The molecule has 106 valence electrons. The highest BCUT2D eigenvalue weighted by Crippen LogP contribution is 2.07. The summed E-state index contributed by atoms with van der Waals surface area (Å²) in [5.41, 5.74) is 1.79. The Bertz CT molecular complexity index is 711. The van der Waals surface area contributed by atoms with Crippen molar-refractivity contribution in [2.24, 2.45) is 0 Å². The summed E-state index contributed by atoms with van der Waals surface area (Å²) in [6.45, 7) is 1.05. The number of rotatable bonds is 5. The molecule has 0 aliphatic heterocycles. The van der Waals surface area contributed by atoms with E-state index in [-0.39, 0.29) is 5.82 Å². The fraction of sp³-hybridized carbons (Fsp3) is 0.133. The Morgan fingerprint density at radius 3 is 2.67 bits per heavy atom. The molecule has 0 spiro atoms. The Morgan fingerprint density at radius 2 is 1.86 bits per heavy atom. The van der Waals surface area contributed by atoms with Crippen LogP contribution in [-0.2, 0) is 13.1 Å². The fourth-order valence-electron chi connectivity index (χ4n) is 2.05. The lowest BCUT2D eigenvalue weighted by Crippen LogP contribution is -2.16. The van der Waals surface area contributed by atoms with E-state index in [1.165, 1.54) is 12.1 Å². The Kier molecular flexibility index (Phi) is 3.97. The van der Waals surface area contributed by atoms with E-state index in [1.807, 2.05) is 36.4 Å². The van der Waals surface area contributed by atoms with Crippen molar-refractivity contribution in [1.82, 2.24) is 25.5 Å². The van der Waals surface area contributed by atoms with Crippen LogP contribution in [0.3, 0.4) is 0 Å². The number of nitrogens with one attached hydrogen (secondary N) is 1. The largest absolute Gasteiger partial charge is 0.306 e. The molecule has 0 fully saturated rings. The topological polar surface area (TPSA) is 55.6 Å². The number of halogens is 1. The van der Waals surface area contributed by atoms with E-state index in [2.05, 4.69) is 20.8 Å². The van der Waals surface area contributed by atoms with Crippen LogP contribution in [0.2, 0.25) is 0 Å². The molecule has 0 amide bonds. The molecule has 0 radical (unpaired) electrons. The van der Waals surface area contributed by atoms with E-state index >= 15 is 0 Å². The first kappa shape index (κ1) is 13.4. The van der Waals surface area contributed by atoms with E-state index in [9.17, 15) is 4.39 Å². The SMILES string of the molecule is Fc1cccc(CNCc2nnnn2-c2ccccc2)c1. The predicted octanol–water partition coefficient (Wildman–Crippen LogP) is 2.09. The molecule has 2 aromatic carbocycles. The molecule has 0 saturated carbocycles. The lowest BCUT2D eigenvalue weighted by atomic mass is 10.2. The van der Waals surface area contributed by atoms with E-state index in [1.54, 1.807) is 10.7 Å². The molecule has 1 aromatic heterocycles. The normalized spacial score (nSPS) is 10.7. The molecule has 1 heterocycles. The summed E-state index contributed by atoms with van der Waals surface area (Å²) >= 11 is 0. The maximum absolute atomic E-state index is 13.1. The summed E-state index contributed by atoms with van der Waals surface area (Å²) in [5.74, 6) is 0.473. The van der Waals surface area contributed by atoms with Gasteiger partial charge in [0.15, 0.2) is 5.82 Å². The summed E-state index contributed by atoms with van der Waals surface area (Å²) in [6.07, 6.45) is 0. The van der Waals surface area contributed by atoms with Crippen molar-refractivity contribution in [3.8, 4) is 5.69 Å². The van der Waals surface area contributed by atoms with Crippen LogP contribution in [-0.4, -0.2) is 20.2 Å². The van der Waals surface area contributed by atoms with Crippen LogP contribution in [0.25, 0.3) is 5.69 Å². The smallest absolute Gasteiger partial charge is 0.170 e. The number of hydrogen-bond acceptors (Lipinski definition) is 4. The van der Waals surface area contributed by atoms with Gasteiger partial charge in [0.2, 0.25) is 0 Å². The van der Waals surface area contributed by atoms with Crippen LogP contribution in [0.1, 0.15) is 11.4 Å². The van der Waals surface area contributed by atoms with Gasteiger partial charge in [0, 0.05) is 6.54 Å². The Labute approximate surface area is 121 Å². The van der Waals surface area contributed by atoms with Gasteiger partial charge in [-0.3, -0.25) is 0 Å². The highest BCUT2D eigenvalue weighted by Gasteiger charge is 2.07. The van der Waals surface area contributed by atoms with Crippen LogP contribution in [0.4, 0.5) is 4.39 Å². The first-order chi connectivity index (χ1) is 10.3. The van der Waals surface area contributed by atoms with E-state index in [0.29, 0.717) is 18.9 Å². The zero-order valence-corrected chi connectivity index (χ0v) is 11.3. The first-order valence-electron chi connectivity index (χ1n) is 6.61. The zero-order valence-electron chi connectivity index (χ0n) is 11.3. The van der Waals surface area contributed by atoms with Crippen LogP contribution >= 0.6 is 0 Å². The zero-order chi connectivity index (χ0) is 14.5. The Hall–Kier alpha value is -2.60. The van der Waals surface area contributed by atoms with Crippen LogP contribution < -0.4 is 5.32 Å². The molecule has 0 bridgehead atoms. The second-order valence-electron chi connectivity index (χ2n) is 4.58. The van der Waals surface area contributed by atoms with Crippen LogP contribution in [0.15, 0.2) is 54.6 Å². The van der Waals surface area contributed by atoms with Gasteiger partial charge in [-0.05, 0) is 40.3 Å². The molecule has 0 saturated heterocycles. The minimum Gasteiger partial charge on any atom is -0.306 e. The number of hydrogen-bond donors (Lipinski definition) is 1. The monoisotopic (exact) mass is 283 g/mol. The van der Waals surface area contributed by atoms with Gasteiger partial charge in [0.1, 0.15) is 5.82 Å². The van der Waals surface area contributed by atoms with Crippen molar-refractivity contribution in [3.63, 3.8) is 0 Å². The third-order valence-electron chi connectivity index (χ3n) is 3.04. The quantitative estimate of drug-likeness (QED) is 0.779. The molecule has 1 N–H and O–H groups in total. The van der Waals surface area contributed by atoms with Gasteiger partial charge in [0.05, 0.1) is 12.2 Å². The molecule has 3 rings (SSSR count). The first-order valence-corrected chi connectivity index (χ1v) is 6.61. The predicted molar refractivity (Wildman–Crippen MR) is 76.1 cm³/mol. The molecule has 0 unspecified atom stereocenters. The number of para-hydroxylation sites is 1. The number of benzene rings is 2. The second kappa shape index (κ2) is 6.23. The van der Waals surface area contributed by atoms with Gasteiger partial charge in [-0.15, -0.1) is 5.10 Å². The molecule has 3 aromatic rings. The van der Waals surface area contributed by atoms with Crippen LogP contribution in [0.5, 0.6) is 0 Å². The molecular formula is C15H14FN5. The van der Waals surface area contributed by atoms with Gasteiger partial charge in [-0.2, -0.15) is 4.68 Å². The lowest BCUT2D eigenvalue weighted by Gasteiger charge is -2.06. The van der Waals surface area contributed by atoms with Gasteiger partial charge < -0.3 is 5.32 Å². The highest BCUT2D eigenvalue weighted by atomic mass is 19.1. The van der Waals surface area contributed by atoms with Crippen LogP contribution in [0, 0.1) is 5.82 Å². The van der Waals surface area contributed by atoms with Crippen molar-refractivity contribution in [3.05, 3.63) is 71.8 Å². The van der Waals surface area contributed by atoms with E-state index < -0.39 is 0 Å². The summed E-state index contributed by atoms with van der Waals surface area (Å²) in [7, 11) is 0. The summed E-state index contributed by atoms with van der Waals surface area (Å²) < 4.78 is 14.8. The molecule has 0 aliphatic carbocycles. The van der Waals surface area contributed by atoms with Crippen molar-refractivity contribution in [1.29, 1.82) is 0 Å². The van der Waals surface area contributed by atoms with Gasteiger partial charge in [0.25, 0.3) is 0 Å². The van der Waals surface area contributed by atoms with Gasteiger partial charge >= 0.3 is 0 Å². The fourth-order valence-corrected chi connectivity index (χ4v) is 2.05. The molecule has 21 heavy (non-hydrogen) atoms. The second-order valence-corrected chi connectivity index (χ2v) is 4.58. The van der Waals surface area contributed by atoms with Gasteiger partial charge in [-0.25, -0.2) is 4.39 Å². The third-order valence-corrected chi connectivity index (χ3v) is 3.04. The maximum atomic E-state index is 13.1. The molecular weight excluding hydrogens is 269 g/mol. The Morgan fingerprint density at radius 1 is 1.00 bits per heavy atom. The summed E-state index contributed by atoms with van der Waals surface area (Å²) in [6, 6.07) is 16.2. The van der Waals surface area contributed by atoms with Gasteiger partial charge in [-0.1, -0.05) is 30.3 Å². The van der Waals surface area contributed by atoms with E-state index in [0.717, 1.165) is 11.3 Å². The minimum atomic E-state index is -0.233. The third kappa shape index (κ3) is 3.29. The van der Waals surface area contributed by atoms with Crippen molar-refractivity contribution >= 4 is 0 Å². The molecule has 0 atom stereocenters. The standard InChI is InChI=1S/C15H14FN5/c16-13-6-4-5-12(9-13)10-17-11-15-18-19-20-21(15)14-7-2-1-3-8-14/h1-9,17H,10-11H2. The lowest BCUT2D eigenvalue weighted by molar-refractivity contribution is 0.614. The van der Waals surface area contributed by atoms with E-state index in [4.69, 9.17) is 0 Å². The number of aromatic nitrogens is 4. The average molecular weight is 283 g/mol. The highest BCUT2D eigenvalue weighted by molar-refractivity contribution is 5.30. The molecule has 6 heteroatoms. The van der Waals surface area contributed by atoms with Crippen molar-refractivity contribution in [2.45, 2.75) is 13.1 Å². The molecule has 0 aliphatic rings. The Balaban J connectivity index is 1.66.